The summed E-state index contributed by atoms with van der Waals surface area (Å²) in [4.78, 5) is 10.5. The van der Waals surface area contributed by atoms with Crippen LogP contribution in [0, 0.1) is 5.92 Å². The Balaban J connectivity index is 1.81. The smallest absolute Gasteiger partial charge is 0.305 e. The first-order valence-corrected chi connectivity index (χ1v) is 6.72. The summed E-state index contributed by atoms with van der Waals surface area (Å²) in [6, 6.07) is 0. The maximum absolute atomic E-state index is 10.5. The Morgan fingerprint density at radius 2 is 2.11 bits per heavy atom. The van der Waals surface area contributed by atoms with Crippen LogP contribution >= 0.6 is 0 Å². The molecule has 2 rings (SSSR count). The third-order valence-electron chi connectivity index (χ3n) is 3.64. The van der Waals surface area contributed by atoms with Crippen molar-refractivity contribution in [1.29, 1.82) is 0 Å². The van der Waals surface area contributed by atoms with Gasteiger partial charge in [0.05, 0.1) is 13.0 Å². The number of carboxylic acids is 1. The largest absolute Gasteiger partial charge is 0.481 e. The van der Waals surface area contributed by atoms with E-state index < -0.39 is 5.97 Å². The Morgan fingerprint density at radius 3 is 2.83 bits per heavy atom. The van der Waals surface area contributed by atoms with Crippen molar-refractivity contribution >= 4 is 5.97 Å². The first-order chi connectivity index (χ1) is 8.75. The van der Waals surface area contributed by atoms with Gasteiger partial charge >= 0.3 is 5.97 Å². The van der Waals surface area contributed by atoms with Gasteiger partial charge in [-0.15, -0.1) is 5.10 Å². The number of hydrogen-bond acceptors (Lipinski definition) is 4. The minimum absolute atomic E-state index is 0.0709. The molecular weight excluding hydrogens is 232 g/mol. The van der Waals surface area contributed by atoms with Crippen molar-refractivity contribution in [2.45, 2.75) is 57.9 Å². The second-order valence-electron chi connectivity index (χ2n) is 5.00. The molecule has 0 unspecified atom stereocenters. The number of tetrazole rings is 1. The highest BCUT2D eigenvalue weighted by Gasteiger charge is 2.15. The van der Waals surface area contributed by atoms with E-state index in [1.807, 2.05) is 0 Å². The summed E-state index contributed by atoms with van der Waals surface area (Å²) >= 11 is 0. The zero-order chi connectivity index (χ0) is 12.8. The van der Waals surface area contributed by atoms with Gasteiger partial charge in [-0.3, -0.25) is 4.79 Å². The van der Waals surface area contributed by atoms with Crippen molar-refractivity contribution < 1.29 is 9.90 Å². The van der Waals surface area contributed by atoms with E-state index >= 15 is 0 Å². The highest BCUT2D eigenvalue weighted by molar-refractivity contribution is 5.66. The van der Waals surface area contributed by atoms with Crippen molar-refractivity contribution in [2.75, 3.05) is 0 Å². The van der Waals surface area contributed by atoms with Gasteiger partial charge in [-0.1, -0.05) is 32.1 Å². The quantitative estimate of drug-likeness (QED) is 0.832. The fourth-order valence-electron chi connectivity index (χ4n) is 2.59. The molecule has 1 saturated carbocycles. The molecule has 1 heterocycles. The Kier molecular flexibility index (Phi) is 4.66. The van der Waals surface area contributed by atoms with E-state index in [1.54, 1.807) is 4.68 Å². The van der Waals surface area contributed by atoms with Crippen LogP contribution in [0.25, 0.3) is 0 Å². The van der Waals surface area contributed by atoms with Crippen LogP contribution in [-0.2, 0) is 17.8 Å². The van der Waals surface area contributed by atoms with Gasteiger partial charge in [0.25, 0.3) is 0 Å². The standard InChI is InChI=1S/C12H20N4O2/c17-12(18)8-9-16-11(13-14-15-16)7-6-10-4-2-1-3-5-10/h10H,1-9H2,(H,17,18). The lowest BCUT2D eigenvalue weighted by atomic mass is 9.86. The molecule has 1 aromatic heterocycles. The monoisotopic (exact) mass is 252 g/mol. The molecular formula is C12H20N4O2. The summed E-state index contributed by atoms with van der Waals surface area (Å²) < 4.78 is 1.62. The number of carboxylic acid groups (broad SMARTS) is 1. The van der Waals surface area contributed by atoms with E-state index in [0.717, 1.165) is 24.6 Å². The van der Waals surface area contributed by atoms with E-state index in [-0.39, 0.29) is 6.42 Å². The van der Waals surface area contributed by atoms with Crippen LogP contribution in [0.2, 0.25) is 0 Å². The molecule has 0 amide bonds. The highest BCUT2D eigenvalue weighted by atomic mass is 16.4. The topological polar surface area (TPSA) is 80.9 Å². The van der Waals surface area contributed by atoms with E-state index in [0.29, 0.717) is 6.54 Å². The fourth-order valence-corrected chi connectivity index (χ4v) is 2.59. The minimum Gasteiger partial charge on any atom is -0.481 e. The number of carbonyl (C=O) groups is 1. The first-order valence-electron chi connectivity index (χ1n) is 6.72. The molecule has 1 aromatic rings. The number of aliphatic carboxylic acids is 1. The SMILES string of the molecule is O=C(O)CCn1nnnc1CCC1CCCCC1. The van der Waals surface area contributed by atoms with Gasteiger partial charge < -0.3 is 5.11 Å². The first kappa shape index (κ1) is 13.0. The van der Waals surface area contributed by atoms with E-state index in [1.165, 1.54) is 32.1 Å². The van der Waals surface area contributed by atoms with Crippen LogP contribution in [0.4, 0.5) is 0 Å². The van der Waals surface area contributed by atoms with Crippen LogP contribution < -0.4 is 0 Å². The van der Waals surface area contributed by atoms with Crippen LogP contribution in [0.1, 0.15) is 50.8 Å². The molecule has 0 radical (unpaired) electrons. The third-order valence-corrected chi connectivity index (χ3v) is 3.64. The molecule has 1 aliphatic carbocycles. The molecule has 0 aliphatic heterocycles. The molecule has 0 spiro atoms. The maximum Gasteiger partial charge on any atom is 0.305 e. The zero-order valence-electron chi connectivity index (χ0n) is 10.6. The van der Waals surface area contributed by atoms with Crippen molar-refractivity contribution in [3.05, 3.63) is 5.82 Å². The Bertz CT molecular complexity index is 385. The molecule has 0 atom stereocenters. The highest BCUT2D eigenvalue weighted by Crippen LogP contribution is 2.27. The number of hydrogen-bond donors (Lipinski definition) is 1. The van der Waals surface area contributed by atoms with Gasteiger partial charge in [-0.05, 0) is 22.8 Å². The lowest BCUT2D eigenvalue weighted by Gasteiger charge is -2.20. The van der Waals surface area contributed by atoms with Gasteiger partial charge in [0.15, 0.2) is 5.82 Å². The molecule has 1 aliphatic rings. The van der Waals surface area contributed by atoms with Crippen LogP contribution in [-0.4, -0.2) is 31.3 Å². The Hall–Kier alpha value is -1.46. The molecule has 0 bridgehead atoms. The van der Waals surface area contributed by atoms with Gasteiger partial charge in [-0.2, -0.15) is 0 Å². The molecule has 18 heavy (non-hydrogen) atoms. The van der Waals surface area contributed by atoms with Crippen molar-refractivity contribution in [3.8, 4) is 0 Å². The van der Waals surface area contributed by atoms with Crippen molar-refractivity contribution in [2.24, 2.45) is 5.92 Å². The predicted octanol–water partition coefficient (Wildman–Crippen LogP) is 1.66. The average Bonchev–Trinajstić information content (AvgIpc) is 2.82. The van der Waals surface area contributed by atoms with Gasteiger partial charge in [0.2, 0.25) is 0 Å². The minimum atomic E-state index is -0.816. The van der Waals surface area contributed by atoms with E-state index in [4.69, 9.17) is 5.11 Å². The van der Waals surface area contributed by atoms with Crippen LogP contribution in [0.3, 0.4) is 0 Å². The van der Waals surface area contributed by atoms with E-state index in [9.17, 15) is 4.79 Å². The van der Waals surface area contributed by atoms with Crippen molar-refractivity contribution in [1.82, 2.24) is 20.2 Å². The third kappa shape index (κ3) is 3.78. The summed E-state index contributed by atoms with van der Waals surface area (Å²) in [5.41, 5.74) is 0. The fraction of sp³-hybridized carbons (Fsp3) is 0.833. The number of aromatic nitrogens is 4. The van der Waals surface area contributed by atoms with Crippen LogP contribution in [0.15, 0.2) is 0 Å². The summed E-state index contributed by atoms with van der Waals surface area (Å²) in [7, 11) is 0. The van der Waals surface area contributed by atoms with Gasteiger partial charge in [0, 0.05) is 6.42 Å². The zero-order valence-corrected chi connectivity index (χ0v) is 10.6. The molecule has 100 valence electrons. The van der Waals surface area contributed by atoms with Crippen LogP contribution in [0.5, 0.6) is 0 Å². The van der Waals surface area contributed by atoms with Gasteiger partial charge in [0.1, 0.15) is 0 Å². The number of aryl methyl sites for hydroxylation is 2. The van der Waals surface area contributed by atoms with Crippen molar-refractivity contribution in [3.63, 3.8) is 0 Å². The second kappa shape index (κ2) is 6.47. The second-order valence-corrected chi connectivity index (χ2v) is 5.00. The summed E-state index contributed by atoms with van der Waals surface area (Å²) in [6.45, 7) is 0.363. The molecule has 0 saturated heterocycles. The Labute approximate surface area is 106 Å². The van der Waals surface area contributed by atoms with Gasteiger partial charge in [-0.25, -0.2) is 4.68 Å². The predicted molar refractivity (Wildman–Crippen MR) is 65.0 cm³/mol. The molecule has 6 heteroatoms. The number of rotatable bonds is 6. The summed E-state index contributed by atoms with van der Waals surface area (Å²) in [5.74, 6) is 0.800. The maximum atomic E-state index is 10.5. The normalized spacial score (nSPS) is 16.9. The lowest BCUT2D eigenvalue weighted by molar-refractivity contribution is -0.137. The lowest BCUT2D eigenvalue weighted by Crippen LogP contribution is -2.12. The Morgan fingerprint density at radius 1 is 1.33 bits per heavy atom. The summed E-state index contributed by atoms with van der Waals surface area (Å²) in [5, 5.41) is 20.1. The molecule has 6 nitrogen and oxygen atoms in total. The molecule has 1 fully saturated rings. The summed E-state index contributed by atoms with van der Waals surface area (Å²) in [6.07, 6.45) is 8.73. The molecule has 1 N–H and O–H groups in total. The van der Waals surface area contributed by atoms with E-state index in [2.05, 4.69) is 15.5 Å². The average molecular weight is 252 g/mol. The molecule has 0 aromatic carbocycles. The number of nitrogens with zero attached hydrogens (tertiary/aromatic N) is 4.